The summed E-state index contributed by atoms with van der Waals surface area (Å²) in [6, 6.07) is 79.7. The van der Waals surface area contributed by atoms with Crippen molar-refractivity contribution in [3.8, 4) is 44.8 Å². The Hall–Kier alpha value is -7.88. The number of pyridine rings is 2. The summed E-state index contributed by atoms with van der Waals surface area (Å²) in [4.78, 5) is 13.4. The summed E-state index contributed by atoms with van der Waals surface area (Å²) in [6.45, 7) is 0. The van der Waals surface area contributed by atoms with Crippen LogP contribution in [0.2, 0.25) is 0 Å². The molecule has 0 aliphatic carbocycles. The predicted octanol–water partition coefficient (Wildman–Crippen LogP) is 15.2. The van der Waals surface area contributed by atoms with Crippen molar-refractivity contribution in [3.05, 3.63) is 224 Å². The molecular weight excluding hydrogens is 715 g/mol. The molecule has 0 saturated carbocycles. The van der Waals surface area contributed by atoms with Crippen molar-refractivity contribution in [2.45, 2.75) is 0 Å². The van der Waals surface area contributed by atoms with Gasteiger partial charge in [-0.25, -0.2) is 9.97 Å². The lowest BCUT2D eigenvalue weighted by atomic mass is 9.90. The van der Waals surface area contributed by atoms with E-state index in [4.69, 9.17) is 9.97 Å². The molecule has 0 bridgehead atoms. The second-order valence-corrected chi connectivity index (χ2v) is 14.9. The van der Waals surface area contributed by atoms with Crippen LogP contribution in [-0.2, 0) is 0 Å². The Morgan fingerprint density at radius 3 is 1.63 bits per heavy atom. The number of anilines is 3. The summed E-state index contributed by atoms with van der Waals surface area (Å²) in [6.07, 6.45) is 0. The van der Waals surface area contributed by atoms with Crippen molar-refractivity contribution < 1.29 is 0 Å². The molecule has 3 nitrogen and oxygen atoms in total. The quantitative estimate of drug-likeness (QED) is 0.152. The van der Waals surface area contributed by atoms with Gasteiger partial charge in [-0.3, -0.25) is 0 Å². The second-order valence-electron chi connectivity index (χ2n) is 14.9. The van der Waals surface area contributed by atoms with Gasteiger partial charge >= 0.3 is 0 Å². The number of fused-ring (bicyclic) bond motifs is 6. The molecule has 0 N–H and O–H groups in total. The minimum atomic E-state index is 0.930. The van der Waals surface area contributed by atoms with E-state index >= 15 is 0 Å². The first-order valence-electron chi connectivity index (χ1n) is 20.1. The van der Waals surface area contributed by atoms with Gasteiger partial charge in [0.05, 0.1) is 28.1 Å². The minimum Gasteiger partial charge on any atom is -0.308 e. The van der Waals surface area contributed by atoms with Gasteiger partial charge in [0.2, 0.25) is 0 Å². The highest BCUT2D eigenvalue weighted by atomic mass is 15.1. The van der Waals surface area contributed by atoms with Gasteiger partial charge in [-0.1, -0.05) is 182 Å². The van der Waals surface area contributed by atoms with Crippen molar-refractivity contribution in [2.24, 2.45) is 0 Å². The van der Waals surface area contributed by atoms with Gasteiger partial charge in [-0.2, -0.15) is 0 Å². The van der Waals surface area contributed by atoms with Crippen LogP contribution in [0, 0.1) is 0 Å². The highest BCUT2D eigenvalue weighted by Gasteiger charge is 2.22. The number of aromatic nitrogens is 2. The zero-order valence-corrected chi connectivity index (χ0v) is 32.2. The average molecular weight is 752 g/mol. The summed E-state index contributed by atoms with van der Waals surface area (Å²) in [7, 11) is 0. The van der Waals surface area contributed by atoms with Crippen LogP contribution >= 0.6 is 0 Å². The van der Waals surface area contributed by atoms with Gasteiger partial charge in [0.25, 0.3) is 0 Å². The van der Waals surface area contributed by atoms with Crippen LogP contribution in [-0.4, -0.2) is 9.97 Å². The molecule has 276 valence electrons. The maximum absolute atomic E-state index is 5.62. The predicted molar refractivity (Wildman–Crippen MR) is 248 cm³/mol. The molecule has 2 heterocycles. The Morgan fingerprint density at radius 2 is 0.915 bits per heavy atom. The van der Waals surface area contributed by atoms with Crippen LogP contribution in [0.25, 0.3) is 88.1 Å². The molecule has 3 heteroatoms. The summed E-state index contributed by atoms with van der Waals surface area (Å²) in [5.41, 5.74) is 13.8. The lowest BCUT2D eigenvalue weighted by molar-refractivity contribution is 1.28. The lowest BCUT2D eigenvalue weighted by Crippen LogP contribution is -2.11. The van der Waals surface area contributed by atoms with Crippen molar-refractivity contribution in [1.29, 1.82) is 0 Å². The van der Waals surface area contributed by atoms with Crippen molar-refractivity contribution in [2.75, 3.05) is 4.90 Å². The number of hydrogen-bond donors (Lipinski definition) is 0. The van der Waals surface area contributed by atoms with E-state index in [2.05, 4.69) is 229 Å². The Bertz CT molecular complexity index is 3250. The fourth-order valence-electron chi connectivity index (χ4n) is 8.70. The Labute approximate surface area is 343 Å². The zero-order chi connectivity index (χ0) is 39.1. The van der Waals surface area contributed by atoms with Gasteiger partial charge in [0.15, 0.2) is 0 Å². The second kappa shape index (κ2) is 14.6. The first-order valence-corrected chi connectivity index (χ1v) is 20.1. The van der Waals surface area contributed by atoms with E-state index in [1.165, 1.54) is 11.1 Å². The standard InChI is InChI=1S/C56H37N3/c1-5-17-38(18-6-1)39-31-33-40(34-32-39)49-37-51(57-50-29-14-13-26-45(49)50)46-27-15-21-41-35-36-48-54(53(41)46)47-28-16-30-52(56(47)58-55(48)42-19-7-2-8-20-42)59(43-22-9-3-10-23-43)44-24-11-4-12-25-44/h1-37H. The highest BCUT2D eigenvalue weighted by Crippen LogP contribution is 2.46. The van der Waals surface area contributed by atoms with Crippen molar-refractivity contribution in [1.82, 2.24) is 9.97 Å². The first-order chi connectivity index (χ1) is 29.3. The summed E-state index contributed by atoms with van der Waals surface area (Å²) < 4.78 is 0. The highest BCUT2D eigenvalue weighted by molar-refractivity contribution is 6.27. The Kier molecular flexibility index (Phi) is 8.49. The minimum absolute atomic E-state index is 0.930. The lowest BCUT2D eigenvalue weighted by Gasteiger charge is -2.27. The number of benzene rings is 9. The smallest absolute Gasteiger partial charge is 0.0956 e. The van der Waals surface area contributed by atoms with Gasteiger partial charge < -0.3 is 4.90 Å². The Balaban J connectivity index is 1.21. The molecule has 0 atom stereocenters. The molecule has 9 aromatic carbocycles. The maximum atomic E-state index is 5.62. The van der Waals surface area contributed by atoms with E-state index in [0.717, 1.165) is 94.1 Å². The van der Waals surface area contributed by atoms with Crippen molar-refractivity contribution >= 4 is 60.4 Å². The topological polar surface area (TPSA) is 29.0 Å². The summed E-state index contributed by atoms with van der Waals surface area (Å²) >= 11 is 0. The van der Waals surface area contributed by atoms with E-state index in [9.17, 15) is 0 Å². The number of rotatable bonds is 7. The first kappa shape index (κ1) is 34.4. The molecule has 11 aromatic rings. The van der Waals surface area contributed by atoms with Crippen LogP contribution in [0.15, 0.2) is 224 Å². The molecule has 2 aromatic heterocycles. The van der Waals surface area contributed by atoms with Crippen LogP contribution in [0.5, 0.6) is 0 Å². The maximum Gasteiger partial charge on any atom is 0.0956 e. The third kappa shape index (κ3) is 6.08. The zero-order valence-electron chi connectivity index (χ0n) is 32.2. The van der Waals surface area contributed by atoms with E-state index in [-0.39, 0.29) is 0 Å². The van der Waals surface area contributed by atoms with Crippen molar-refractivity contribution in [3.63, 3.8) is 0 Å². The molecular formula is C56H37N3. The summed E-state index contributed by atoms with van der Waals surface area (Å²) in [5, 5.41) is 6.79. The van der Waals surface area contributed by atoms with Gasteiger partial charge in [-0.15, -0.1) is 0 Å². The molecule has 0 amide bonds. The molecule has 0 fully saturated rings. The van der Waals surface area contributed by atoms with Crippen LogP contribution in [0.1, 0.15) is 0 Å². The Morgan fingerprint density at radius 1 is 0.339 bits per heavy atom. The van der Waals surface area contributed by atoms with E-state index < -0.39 is 0 Å². The monoisotopic (exact) mass is 751 g/mol. The average Bonchev–Trinajstić information content (AvgIpc) is 3.32. The van der Waals surface area contributed by atoms with E-state index in [1.54, 1.807) is 0 Å². The number of hydrogen-bond acceptors (Lipinski definition) is 3. The molecule has 0 aliphatic rings. The molecule has 0 radical (unpaired) electrons. The van der Waals surface area contributed by atoms with Gasteiger partial charge in [0, 0.05) is 44.0 Å². The summed E-state index contributed by atoms with van der Waals surface area (Å²) in [5.74, 6) is 0. The molecule has 59 heavy (non-hydrogen) atoms. The SMILES string of the molecule is c1ccc(-c2ccc(-c3cc(-c4cccc5ccc6c(-c7ccccc7)nc7c(N(c8ccccc8)c8ccccc8)cccc7c6c45)nc4ccccc34)cc2)cc1. The largest absolute Gasteiger partial charge is 0.308 e. The van der Waals surface area contributed by atoms with E-state index in [1.807, 2.05) is 0 Å². The molecule has 0 saturated heterocycles. The van der Waals surface area contributed by atoms with Crippen LogP contribution in [0.4, 0.5) is 17.1 Å². The van der Waals surface area contributed by atoms with Crippen LogP contribution in [0.3, 0.4) is 0 Å². The number of nitrogens with zero attached hydrogens (tertiary/aromatic N) is 3. The van der Waals surface area contributed by atoms with Gasteiger partial charge in [0.1, 0.15) is 0 Å². The van der Waals surface area contributed by atoms with E-state index in [0.29, 0.717) is 0 Å². The normalized spacial score (nSPS) is 11.4. The number of para-hydroxylation sites is 4. The molecule has 0 spiro atoms. The molecule has 0 unspecified atom stereocenters. The molecule has 0 aliphatic heterocycles. The molecule has 11 rings (SSSR count). The third-order valence-electron chi connectivity index (χ3n) is 11.4. The fourth-order valence-corrected chi connectivity index (χ4v) is 8.70. The van der Waals surface area contributed by atoms with Gasteiger partial charge in [-0.05, 0) is 75.5 Å². The third-order valence-corrected chi connectivity index (χ3v) is 11.4. The fraction of sp³-hybridized carbons (Fsp3) is 0. The van der Waals surface area contributed by atoms with Crippen LogP contribution < -0.4 is 4.90 Å².